The molecular weight excluding hydrogens is 430 g/mol. The highest BCUT2D eigenvalue weighted by Gasteiger charge is 2.20. The summed E-state index contributed by atoms with van der Waals surface area (Å²) >= 11 is 0. The SMILES string of the molecule is Cc1ccccc1Cn1nc2n(CC(C)C)c(=O)c3ccc(C(=O)NCC(C)C)cc3n2c1=O. The van der Waals surface area contributed by atoms with Crippen molar-refractivity contribution in [3.8, 4) is 0 Å². The van der Waals surface area contributed by atoms with Crippen LogP contribution < -0.4 is 16.6 Å². The Labute approximate surface area is 197 Å². The normalized spacial score (nSPS) is 11.7. The Balaban J connectivity index is 1.95. The van der Waals surface area contributed by atoms with E-state index in [1.54, 1.807) is 22.8 Å². The molecule has 0 aliphatic heterocycles. The predicted molar refractivity (Wildman–Crippen MR) is 134 cm³/mol. The largest absolute Gasteiger partial charge is 0.352 e. The molecule has 0 saturated heterocycles. The first-order chi connectivity index (χ1) is 16.2. The summed E-state index contributed by atoms with van der Waals surface area (Å²) in [4.78, 5) is 39.6. The van der Waals surface area contributed by atoms with Crippen LogP contribution in [0.2, 0.25) is 0 Å². The van der Waals surface area contributed by atoms with Crippen molar-refractivity contribution in [2.45, 2.75) is 47.7 Å². The van der Waals surface area contributed by atoms with Crippen molar-refractivity contribution in [2.24, 2.45) is 11.8 Å². The van der Waals surface area contributed by atoms with Crippen LogP contribution in [0.1, 0.15) is 49.2 Å². The molecule has 0 unspecified atom stereocenters. The molecule has 4 aromatic rings. The summed E-state index contributed by atoms with van der Waals surface area (Å²) < 4.78 is 4.40. The second kappa shape index (κ2) is 9.29. The lowest BCUT2D eigenvalue weighted by Crippen LogP contribution is -2.29. The molecule has 1 amide bonds. The standard InChI is InChI=1S/C26H31N5O3/c1-16(2)13-27-23(32)19-10-11-21-22(12-19)31-25(29(24(21)33)14-17(3)4)28-30(26(31)34)15-20-9-7-6-8-18(20)5/h6-12,16-17H,13-15H2,1-5H3,(H,27,32). The number of amides is 1. The third-order valence-electron chi connectivity index (χ3n) is 5.84. The average molecular weight is 462 g/mol. The number of hydrogen-bond acceptors (Lipinski definition) is 4. The monoisotopic (exact) mass is 461 g/mol. The molecule has 0 bridgehead atoms. The van der Waals surface area contributed by atoms with E-state index in [1.807, 2.05) is 58.9 Å². The number of nitrogens with one attached hydrogen (secondary N) is 1. The molecular formula is C26H31N5O3. The van der Waals surface area contributed by atoms with Gasteiger partial charge in [-0.25, -0.2) is 13.9 Å². The second-order valence-corrected chi connectivity index (χ2v) is 9.65. The molecule has 0 fully saturated rings. The van der Waals surface area contributed by atoms with Gasteiger partial charge in [0.1, 0.15) is 0 Å². The number of aromatic nitrogens is 4. The van der Waals surface area contributed by atoms with E-state index < -0.39 is 0 Å². The van der Waals surface area contributed by atoms with E-state index in [9.17, 15) is 14.4 Å². The van der Waals surface area contributed by atoms with Crippen LogP contribution in [0.5, 0.6) is 0 Å². The summed E-state index contributed by atoms with van der Waals surface area (Å²) in [5.74, 6) is 0.526. The van der Waals surface area contributed by atoms with Crippen LogP contribution in [0.4, 0.5) is 0 Å². The van der Waals surface area contributed by atoms with Crippen LogP contribution in [-0.4, -0.2) is 31.2 Å². The van der Waals surface area contributed by atoms with Crippen LogP contribution in [-0.2, 0) is 13.1 Å². The fourth-order valence-electron chi connectivity index (χ4n) is 4.04. The van der Waals surface area contributed by atoms with Crippen molar-refractivity contribution < 1.29 is 4.79 Å². The maximum absolute atomic E-state index is 13.6. The first kappa shape index (κ1) is 23.5. The number of hydrogen-bond donors (Lipinski definition) is 1. The van der Waals surface area contributed by atoms with Crippen molar-refractivity contribution >= 4 is 22.6 Å². The van der Waals surface area contributed by atoms with Crippen molar-refractivity contribution in [2.75, 3.05) is 6.54 Å². The lowest BCUT2D eigenvalue weighted by Gasteiger charge is -2.13. The Morgan fingerprint density at radius 1 is 1.03 bits per heavy atom. The van der Waals surface area contributed by atoms with Gasteiger partial charge in [0.25, 0.3) is 11.5 Å². The molecule has 0 spiro atoms. The fraction of sp³-hybridized carbons (Fsp3) is 0.385. The van der Waals surface area contributed by atoms with Crippen LogP contribution in [0, 0.1) is 18.8 Å². The predicted octanol–water partition coefficient (Wildman–Crippen LogP) is 3.21. The van der Waals surface area contributed by atoms with Gasteiger partial charge in [0.05, 0.1) is 17.4 Å². The third kappa shape index (κ3) is 4.40. The summed E-state index contributed by atoms with van der Waals surface area (Å²) in [5, 5.41) is 7.85. The molecule has 34 heavy (non-hydrogen) atoms. The van der Waals surface area contributed by atoms with E-state index in [0.29, 0.717) is 42.0 Å². The highest BCUT2D eigenvalue weighted by Crippen LogP contribution is 2.16. The van der Waals surface area contributed by atoms with Gasteiger partial charge in [-0.15, -0.1) is 5.10 Å². The van der Waals surface area contributed by atoms with Gasteiger partial charge in [0.2, 0.25) is 5.78 Å². The zero-order valence-corrected chi connectivity index (χ0v) is 20.3. The first-order valence-corrected chi connectivity index (χ1v) is 11.7. The van der Waals surface area contributed by atoms with Gasteiger partial charge in [-0.05, 0) is 48.1 Å². The lowest BCUT2D eigenvalue weighted by molar-refractivity contribution is 0.0949. The van der Waals surface area contributed by atoms with E-state index in [1.165, 1.54) is 9.08 Å². The number of aryl methyl sites for hydroxylation is 1. The molecule has 4 rings (SSSR count). The lowest BCUT2D eigenvalue weighted by atomic mass is 10.1. The van der Waals surface area contributed by atoms with E-state index in [0.717, 1.165) is 11.1 Å². The summed E-state index contributed by atoms with van der Waals surface area (Å²) in [5.41, 5.74) is 2.25. The van der Waals surface area contributed by atoms with Gasteiger partial charge >= 0.3 is 5.69 Å². The quantitative estimate of drug-likeness (QED) is 0.458. The maximum Gasteiger partial charge on any atom is 0.352 e. The van der Waals surface area contributed by atoms with Crippen molar-refractivity contribution in [3.05, 3.63) is 80.0 Å². The Kier molecular flexibility index (Phi) is 6.41. The van der Waals surface area contributed by atoms with Gasteiger partial charge in [-0.2, -0.15) is 0 Å². The molecule has 8 heteroatoms. The summed E-state index contributed by atoms with van der Waals surface area (Å²) in [6.07, 6.45) is 0. The number of fused-ring (bicyclic) bond motifs is 3. The Morgan fingerprint density at radius 2 is 1.76 bits per heavy atom. The minimum absolute atomic E-state index is 0.177. The number of nitrogens with zero attached hydrogens (tertiary/aromatic N) is 4. The van der Waals surface area contributed by atoms with Gasteiger partial charge < -0.3 is 5.32 Å². The highest BCUT2D eigenvalue weighted by atomic mass is 16.2. The van der Waals surface area contributed by atoms with Gasteiger partial charge in [-0.1, -0.05) is 52.0 Å². The molecule has 0 radical (unpaired) electrons. The molecule has 178 valence electrons. The number of benzene rings is 2. The highest BCUT2D eigenvalue weighted by molar-refractivity contribution is 5.98. The molecule has 0 saturated carbocycles. The summed E-state index contributed by atoms with van der Waals surface area (Å²) in [6.45, 7) is 11.3. The number of rotatable bonds is 7. The summed E-state index contributed by atoms with van der Waals surface area (Å²) in [6, 6.07) is 12.7. The first-order valence-electron chi connectivity index (χ1n) is 11.7. The molecule has 1 N–H and O–H groups in total. The van der Waals surface area contributed by atoms with E-state index in [2.05, 4.69) is 10.4 Å². The number of carbonyl (C=O) groups excluding carboxylic acids is 1. The Morgan fingerprint density at radius 3 is 2.44 bits per heavy atom. The van der Waals surface area contributed by atoms with Crippen molar-refractivity contribution in [1.29, 1.82) is 0 Å². The van der Waals surface area contributed by atoms with Crippen molar-refractivity contribution in [1.82, 2.24) is 24.1 Å². The molecule has 2 aromatic heterocycles. The maximum atomic E-state index is 13.6. The molecule has 0 aliphatic rings. The zero-order valence-electron chi connectivity index (χ0n) is 20.3. The second-order valence-electron chi connectivity index (χ2n) is 9.65. The zero-order chi connectivity index (χ0) is 24.6. The van der Waals surface area contributed by atoms with Gasteiger partial charge in [-0.3, -0.25) is 14.2 Å². The molecule has 8 nitrogen and oxygen atoms in total. The van der Waals surface area contributed by atoms with Crippen LogP contribution in [0.15, 0.2) is 52.1 Å². The third-order valence-corrected chi connectivity index (χ3v) is 5.84. The Bertz CT molecular complexity index is 1490. The Hall–Kier alpha value is -3.68. The minimum Gasteiger partial charge on any atom is -0.352 e. The van der Waals surface area contributed by atoms with E-state index in [-0.39, 0.29) is 28.9 Å². The fourth-order valence-corrected chi connectivity index (χ4v) is 4.04. The topological polar surface area (TPSA) is 90.4 Å². The molecule has 0 aliphatic carbocycles. The molecule has 2 heterocycles. The number of carbonyl (C=O) groups is 1. The average Bonchev–Trinajstić information content (AvgIpc) is 3.12. The summed E-state index contributed by atoms with van der Waals surface area (Å²) in [7, 11) is 0. The van der Waals surface area contributed by atoms with Gasteiger partial charge in [0, 0.05) is 18.7 Å². The molecule has 2 aromatic carbocycles. The van der Waals surface area contributed by atoms with E-state index >= 15 is 0 Å². The van der Waals surface area contributed by atoms with Crippen LogP contribution in [0.25, 0.3) is 16.7 Å². The molecule has 0 atom stereocenters. The van der Waals surface area contributed by atoms with Crippen LogP contribution in [0.3, 0.4) is 0 Å². The van der Waals surface area contributed by atoms with Crippen LogP contribution >= 0.6 is 0 Å². The van der Waals surface area contributed by atoms with E-state index in [4.69, 9.17) is 0 Å². The smallest absolute Gasteiger partial charge is 0.352 e. The van der Waals surface area contributed by atoms with Crippen molar-refractivity contribution in [3.63, 3.8) is 0 Å². The minimum atomic E-state index is -0.347. The van der Waals surface area contributed by atoms with Gasteiger partial charge in [0.15, 0.2) is 0 Å².